The van der Waals surface area contributed by atoms with E-state index >= 15 is 0 Å². The molecule has 4 aromatic carbocycles. The van der Waals surface area contributed by atoms with Gasteiger partial charge in [-0.2, -0.15) is 0 Å². The van der Waals surface area contributed by atoms with E-state index in [1.54, 1.807) is 0 Å². The number of anilines is 1. The van der Waals surface area contributed by atoms with E-state index in [-0.39, 0.29) is 16.7 Å². The highest BCUT2D eigenvalue weighted by Crippen LogP contribution is 2.48. The van der Waals surface area contributed by atoms with Crippen LogP contribution in [0.25, 0.3) is 10.8 Å². The van der Waals surface area contributed by atoms with Crippen LogP contribution < -0.4 is 4.90 Å². The molecule has 3 nitrogen and oxygen atoms in total. The maximum atomic E-state index is 13.8. The summed E-state index contributed by atoms with van der Waals surface area (Å²) >= 11 is 0. The number of aryl methyl sites for hydroxylation is 1. The molecule has 1 spiro atoms. The van der Waals surface area contributed by atoms with Crippen LogP contribution in [0.15, 0.2) is 84.9 Å². The topological polar surface area (TPSA) is 23.6 Å². The van der Waals surface area contributed by atoms with Gasteiger partial charge in [-0.3, -0.25) is 9.69 Å². The molecule has 1 fully saturated rings. The van der Waals surface area contributed by atoms with E-state index < -0.39 is 0 Å². The third kappa shape index (κ3) is 4.54. The molecular formula is C35H38N2O. The van der Waals surface area contributed by atoms with E-state index in [9.17, 15) is 4.79 Å². The number of rotatable bonds is 3. The SMILES string of the molecule is Cc1ccc2c(c1)C1(CCN(Cc3ccc4ccccc4c3)CC1)CN2C(=O)c1ccc(C(C)(C)C)cc1. The second-order valence-electron chi connectivity index (χ2n) is 12.5. The summed E-state index contributed by atoms with van der Waals surface area (Å²) in [5.74, 6) is 0.117. The summed E-state index contributed by atoms with van der Waals surface area (Å²) in [6.45, 7) is 12.6. The predicted molar refractivity (Wildman–Crippen MR) is 158 cm³/mol. The Hall–Kier alpha value is -3.43. The fourth-order valence-corrected chi connectivity index (χ4v) is 6.39. The smallest absolute Gasteiger partial charge is 0.258 e. The molecule has 3 heteroatoms. The summed E-state index contributed by atoms with van der Waals surface area (Å²) in [5.41, 5.74) is 7.23. The van der Waals surface area contributed by atoms with E-state index in [0.717, 1.165) is 50.3 Å². The maximum absolute atomic E-state index is 13.8. The average molecular weight is 503 g/mol. The Morgan fingerprint density at radius 2 is 1.55 bits per heavy atom. The molecule has 38 heavy (non-hydrogen) atoms. The Kier molecular flexibility index (Phi) is 6.15. The van der Waals surface area contributed by atoms with Gasteiger partial charge >= 0.3 is 0 Å². The lowest BCUT2D eigenvalue weighted by atomic mass is 9.74. The van der Waals surface area contributed by atoms with Gasteiger partial charge in [-0.25, -0.2) is 0 Å². The van der Waals surface area contributed by atoms with E-state index in [1.807, 2.05) is 12.1 Å². The lowest BCUT2D eigenvalue weighted by molar-refractivity contribution is 0.0975. The molecule has 0 unspecified atom stereocenters. The molecule has 0 bridgehead atoms. The van der Waals surface area contributed by atoms with Crippen molar-refractivity contribution in [2.75, 3.05) is 24.5 Å². The molecule has 6 rings (SSSR count). The zero-order chi connectivity index (χ0) is 26.5. The highest BCUT2D eigenvalue weighted by atomic mass is 16.2. The first-order valence-electron chi connectivity index (χ1n) is 14.0. The zero-order valence-electron chi connectivity index (χ0n) is 23.1. The molecule has 0 atom stereocenters. The molecule has 2 heterocycles. The molecule has 0 N–H and O–H groups in total. The summed E-state index contributed by atoms with van der Waals surface area (Å²) in [4.78, 5) is 18.4. The van der Waals surface area contributed by atoms with Gasteiger partial charge in [0.05, 0.1) is 0 Å². The van der Waals surface area contributed by atoms with Crippen LogP contribution in [0.1, 0.15) is 66.2 Å². The minimum absolute atomic E-state index is 0.0300. The first-order valence-corrected chi connectivity index (χ1v) is 14.0. The Morgan fingerprint density at radius 3 is 2.26 bits per heavy atom. The molecule has 0 saturated carbocycles. The van der Waals surface area contributed by atoms with Crippen LogP contribution >= 0.6 is 0 Å². The number of hydrogen-bond acceptors (Lipinski definition) is 2. The van der Waals surface area contributed by atoms with Gasteiger partial charge in [0.25, 0.3) is 5.91 Å². The number of likely N-dealkylation sites (tertiary alicyclic amines) is 1. The van der Waals surface area contributed by atoms with Gasteiger partial charge in [0.15, 0.2) is 0 Å². The molecule has 4 aromatic rings. The summed E-state index contributed by atoms with van der Waals surface area (Å²) in [6.07, 6.45) is 2.15. The molecule has 0 aliphatic carbocycles. The quantitative estimate of drug-likeness (QED) is 0.287. The van der Waals surface area contributed by atoms with Crippen molar-refractivity contribution in [1.29, 1.82) is 0 Å². The Morgan fingerprint density at radius 1 is 0.842 bits per heavy atom. The van der Waals surface area contributed by atoms with Gasteiger partial charge in [0, 0.05) is 29.8 Å². The fourth-order valence-electron chi connectivity index (χ4n) is 6.39. The van der Waals surface area contributed by atoms with Crippen LogP contribution in [0, 0.1) is 6.92 Å². The third-order valence-electron chi connectivity index (χ3n) is 8.75. The Labute approximate surface area is 227 Å². The number of hydrogen-bond donors (Lipinski definition) is 0. The van der Waals surface area contributed by atoms with E-state index in [4.69, 9.17) is 0 Å². The number of benzene rings is 4. The van der Waals surface area contributed by atoms with Crippen molar-refractivity contribution in [3.8, 4) is 0 Å². The third-order valence-corrected chi connectivity index (χ3v) is 8.75. The minimum Gasteiger partial charge on any atom is -0.307 e. The fraction of sp³-hybridized carbons (Fsp3) is 0.343. The van der Waals surface area contributed by atoms with Crippen molar-refractivity contribution < 1.29 is 4.79 Å². The molecule has 1 amide bonds. The number of fused-ring (bicyclic) bond motifs is 3. The minimum atomic E-state index is 0.0300. The lowest BCUT2D eigenvalue weighted by Gasteiger charge is -2.40. The first-order chi connectivity index (χ1) is 18.2. The normalized spacial score (nSPS) is 17.2. The summed E-state index contributed by atoms with van der Waals surface area (Å²) in [7, 11) is 0. The standard InChI is InChI=1S/C35H38N2O/c1-25-9-16-32-31(21-25)35(24-37(32)33(38)28-12-14-30(15-13-28)34(2,3)4)17-19-36(20-18-35)23-26-10-11-27-7-5-6-8-29(27)22-26/h5-16,21-22H,17-20,23-24H2,1-4H3. The Balaban J connectivity index is 1.21. The molecule has 2 aliphatic rings. The summed E-state index contributed by atoms with van der Waals surface area (Å²) in [5, 5.41) is 2.60. The molecular weight excluding hydrogens is 464 g/mol. The molecule has 194 valence electrons. The van der Waals surface area contributed by atoms with Crippen molar-refractivity contribution in [2.24, 2.45) is 0 Å². The van der Waals surface area contributed by atoms with Crippen LogP contribution in [-0.4, -0.2) is 30.4 Å². The summed E-state index contributed by atoms with van der Waals surface area (Å²) in [6, 6.07) is 30.3. The van der Waals surface area contributed by atoms with Crippen molar-refractivity contribution in [1.82, 2.24) is 4.90 Å². The van der Waals surface area contributed by atoms with Gasteiger partial charge in [-0.05, 0) is 90.0 Å². The van der Waals surface area contributed by atoms with Gasteiger partial charge < -0.3 is 4.90 Å². The highest BCUT2D eigenvalue weighted by Gasteiger charge is 2.46. The van der Waals surface area contributed by atoms with Gasteiger partial charge in [0.1, 0.15) is 0 Å². The van der Waals surface area contributed by atoms with E-state index in [1.165, 1.54) is 33.0 Å². The Bertz CT molecular complexity index is 1490. The van der Waals surface area contributed by atoms with Crippen LogP contribution in [-0.2, 0) is 17.4 Å². The van der Waals surface area contributed by atoms with Crippen molar-refractivity contribution >= 4 is 22.4 Å². The van der Waals surface area contributed by atoms with Crippen LogP contribution in [0.4, 0.5) is 5.69 Å². The first kappa shape index (κ1) is 24.9. The average Bonchev–Trinajstić information content (AvgIpc) is 3.22. The number of carbonyl (C=O) groups is 1. The van der Waals surface area contributed by atoms with E-state index in [0.29, 0.717) is 0 Å². The largest absolute Gasteiger partial charge is 0.307 e. The van der Waals surface area contributed by atoms with Crippen molar-refractivity contribution in [2.45, 2.75) is 57.9 Å². The second kappa shape index (κ2) is 9.39. The van der Waals surface area contributed by atoms with Gasteiger partial charge in [-0.1, -0.05) is 87.0 Å². The lowest BCUT2D eigenvalue weighted by Crippen LogP contribution is -2.45. The molecule has 1 saturated heterocycles. The van der Waals surface area contributed by atoms with Crippen molar-refractivity contribution in [3.05, 3.63) is 113 Å². The number of carbonyl (C=O) groups excluding carboxylic acids is 1. The van der Waals surface area contributed by atoms with Gasteiger partial charge in [0.2, 0.25) is 0 Å². The van der Waals surface area contributed by atoms with Crippen molar-refractivity contribution in [3.63, 3.8) is 0 Å². The van der Waals surface area contributed by atoms with Crippen LogP contribution in [0.5, 0.6) is 0 Å². The van der Waals surface area contributed by atoms with E-state index in [2.05, 4.69) is 110 Å². The molecule has 0 radical (unpaired) electrons. The number of amides is 1. The second-order valence-corrected chi connectivity index (χ2v) is 12.5. The number of nitrogens with zero attached hydrogens (tertiary/aromatic N) is 2. The summed E-state index contributed by atoms with van der Waals surface area (Å²) < 4.78 is 0. The highest BCUT2D eigenvalue weighted by molar-refractivity contribution is 6.07. The maximum Gasteiger partial charge on any atom is 0.258 e. The van der Waals surface area contributed by atoms with Crippen LogP contribution in [0.2, 0.25) is 0 Å². The number of piperidine rings is 1. The van der Waals surface area contributed by atoms with Crippen LogP contribution in [0.3, 0.4) is 0 Å². The molecule has 0 aromatic heterocycles. The van der Waals surface area contributed by atoms with Gasteiger partial charge in [-0.15, -0.1) is 0 Å². The zero-order valence-corrected chi connectivity index (χ0v) is 23.1. The molecule has 2 aliphatic heterocycles. The predicted octanol–water partition coefficient (Wildman–Crippen LogP) is 7.64. The monoisotopic (exact) mass is 502 g/mol.